The summed E-state index contributed by atoms with van der Waals surface area (Å²) < 4.78 is 38.9. The first-order chi connectivity index (χ1) is 10.2. The summed E-state index contributed by atoms with van der Waals surface area (Å²) in [4.78, 5) is 15.2. The molecule has 5 nitrogen and oxygen atoms in total. The molecule has 0 unspecified atom stereocenters. The third-order valence-electron chi connectivity index (χ3n) is 2.86. The van der Waals surface area contributed by atoms with Crippen LogP contribution < -0.4 is 9.80 Å². The first kappa shape index (κ1) is 16.5. The SMILES string of the molecule is Cc1nc(CN(C)c2nc(N(C)C)cc(C(F)(F)F)n2)cs1. The monoisotopic (exact) mass is 331 g/mol. The molecule has 2 heterocycles. The van der Waals surface area contributed by atoms with E-state index in [0.29, 0.717) is 6.54 Å². The molecule has 2 rings (SSSR count). The van der Waals surface area contributed by atoms with E-state index in [1.54, 1.807) is 26.0 Å². The van der Waals surface area contributed by atoms with Gasteiger partial charge in [0.1, 0.15) is 5.82 Å². The van der Waals surface area contributed by atoms with Gasteiger partial charge in [0.25, 0.3) is 0 Å². The highest BCUT2D eigenvalue weighted by atomic mass is 32.1. The molecular weight excluding hydrogens is 315 g/mol. The number of halogens is 3. The molecule has 0 aliphatic rings. The van der Waals surface area contributed by atoms with Gasteiger partial charge >= 0.3 is 6.18 Å². The zero-order valence-electron chi connectivity index (χ0n) is 12.6. The fraction of sp³-hybridized carbons (Fsp3) is 0.462. The van der Waals surface area contributed by atoms with Gasteiger partial charge in [0.15, 0.2) is 5.69 Å². The molecule has 0 fully saturated rings. The first-order valence-electron chi connectivity index (χ1n) is 6.42. The van der Waals surface area contributed by atoms with Crippen molar-refractivity contribution in [1.29, 1.82) is 0 Å². The second-order valence-corrected chi connectivity index (χ2v) is 6.08. The summed E-state index contributed by atoms with van der Waals surface area (Å²) in [5.41, 5.74) is -0.181. The average molecular weight is 331 g/mol. The minimum Gasteiger partial charge on any atom is -0.363 e. The molecule has 0 saturated heterocycles. The summed E-state index contributed by atoms with van der Waals surface area (Å²) in [5.74, 6) is 0.225. The number of aryl methyl sites for hydroxylation is 1. The third kappa shape index (κ3) is 3.85. The lowest BCUT2D eigenvalue weighted by Gasteiger charge is -2.20. The van der Waals surface area contributed by atoms with Crippen LogP contribution in [0.5, 0.6) is 0 Å². The lowest BCUT2D eigenvalue weighted by atomic mass is 10.3. The highest BCUT2D eigenvalue weighted by Crippen LogP contribution is 2.30. The summed E-state index contributed by atoms with van der Waals surface area (Å²) >= 11 is 1.49. The predicted octanol–water partition coefficient (Wildman–Crippen LogP) is 2.96. The molecule has 22 heavy (non-hydrogen) atoms. The first-order valence-corrected chi connectivity index (χ1v) is 7.30. The van der Waals surface area contributed by atoms with E-state index in [9.17, 15) is 13.2 Å². The molecule has 0 N–H and O–H groups in total. The summed E-state index contributed by atoms with van der Waals surface area (Å²) in [6.07, 6.45) is -4.51. The lowest BCUT2D eigenvalue weighted by molar-refractivity contribution is -0.141. The molecule has 2 aromatic rings. The number of nitrogens with zero attached hydrogens (tertiary/aromatic N) is 5. The highest BCUT2D eigenvalue weighted by Gasteiger charge is 2.34. The van der Waals surface area contributed by atoms with Crippen LogP contribution in [-0.4, -0.2) is 36.1 Å². The second-order valence-electron chi connectivity index (χ2n) is 5.02. The van der Waals surface area contributed by atoms with Crippen molar-refractivity contribution in [1.82, 2.24) is 15.0 Å². The van der Waals surface area contributed by atoms with E-state index in [2.05, 4.69) is 15.0 Å². The molecule has 0 aliphatic heterocycles. The van der Waals surface area contributed by atoms with Crippen molar-refractivity contribution in [2.45, 2.75) is 19.6 Å². The Balaban J connectivity index is 2.34. The molecule has 0 amide bonds. The Morgan fingerprint density at radius 3 is 2.32 bits per heavy atom. The van der Waals surface area contributed by atoms with Crippen LogP contribution in [0.1, 0.15) is 16.4 Å². The number of alkyl halides is 3. The normalized spacial score (nSPS) is 11.6. The number of thiazole rings is 1. The fourth-order valence-corrected chi connectivity index (χ4v) is 2.37. The summed E-state index contributed by atoms with van der Waals surface area (Å²) in [6, 6.07) is 0.935. The minimum absolute atomic E-state index is 0.0178. The number of hydrogen-bond donors (Lipinski definition) is 0. The van der Waals surface area contributed by atoms with Crippen LogP contribution >= 0.6 is 11.3 Å². The molecule has 120 valence electrons. The van der Waals surface area contributed by atoms with Crippen LogP contribution in [0.25, 0.3) is 0 Å². The van der Waals surface area contributed by atoms with Crippen LogP contribution in [0.4, 0.5) is 24.9 Å². The van der Waals surface area contributed by atoms with Crippen molar-refractivity contribution in [3.63, 3.8) is 0 Å². The van der Waals surface area contributed by atoms with E-state index < -0.39 is 11.9 Å². The Morgan fingerprint density at radius 1 is 1.14 bits per heavy atom. The topological polar surface area (TPSA) is 45.2 Å². The van der Waals surface area contributed by atoms with Gasteiger partial charge in [-0.3, -0.25) is 0 Å². The predicted molar refractivity (Wildman–Crippen MR) is 80.3 cm³/mol. The Morgan fingerprint density at radius 2 is 1.82 bits per heavy atom. The molecule has 0 atom stereocenters. The second kappa shape index (κ2) is 6.07. The summed E-state index contributed by atoms with van der Waals surface area (Å²) in [5, 5.41) is 2.77. The van der Waals surface area contributed by atoms with Crippen molar-refractivity contribution in [2.75, 3.05) is 30.9 Å². The van der Waals surface area contributed by atoms with E-state index in [4.69, 9.17) is 0 Å². The number of aromatic nitrogens is 3. The molecule has 0 aliphatic carbocycles. The fourth-order valence-electron chi connectivity index (χ4n) is 1.76. The molecule has 0 bridgehead atoms. The van der Waals surface area contributed by atoms with Crippen LogP contribution in [0.3, 0.4) is 0 Å². The maximum atomic E-state index is 13.0. The number of rotatable bonds is 4. The van der Waals surface area contributed by atoms with Gasteiger partial charge in [-0.05, 0) is 6.92 Å². The highest BCUT2D eigenvalue weighted by molar-refractivity contribution is 7.09. The van der Waals surface area contributed by atoms with Gasteiger partial charge in [0, 0.05) is 32.6 Å². The Labute approximate surface area is 130 Å². The molecular formula is C13H16F3N5S. The zero-order valence-corrected chi connectivity index (χ0v) is 13.5. The number of hydrogen-bond acceptors (Lipinski definition) is 6. The van der Waals surface area contributed by atoms with Gasteiger partial charge in [0.2, 0.25) is 5.95 Å². The van der Waals surface area contributed by atoms with Crippen LogP contribution in [0.2, 0.25) is 0 Å². The summed E-state index contributed by atoms with van der Waals surface area (Å²) in [6.45, 7) is 2.22. The van der Waals surface area contributed by atoms with E-state index in [1.807, 2.05) is 12.3 Å². The van der Waals surface area contributed by atoms with Gasteiger partial charge in [-0.2, -0.15) is 18.2 Å². The van der Waals surface area contributed by atoms with Crippen molar-refractivity contribution < 1.29 is 13.2 Å². The minimum atomic E-state index is -4.51. The van der Waals surface area contributed by atoms with Gasteiger partial charge in [-0.15, -0.1) is 11.3 Å². The van der Waals surface area contributed by atoms with Crippen molar-refractivity contribution in [3.8, 4) is 0 Å². The van der Waals surface area contributed by atoms with Gasteiger partial charge in [-0.1, -0.05) is 0 Å². The maximum Gasteiger partial charge on any atom is 0.433 e. The van der Waals surface area contributed by atoms with Crippen LogP contribution in [0, 0.1) is 6.92 Å². The Hall–Kier alpha value is -1.90. The molecule has 0 spiro atoms. The van der Waals surface area contributed by atoms with E-state index in [1.165, 1.54) is 16.2 Å². The zero-order chi connectivity index (χ0) is 16.5. The van der Waals surface area contributed by atoms with Crippen molar-refractivity contribution >= 4 is 23.1 Å². The average Bonchev–Trinajstić information content (AvgIpc) is 2.82. The van der Waals surface area contributed by atoms with Crippen LogP contribution in [0.15, 0.2) is 11.4 Å². The maximum absolute atomic E-state index is 13.0. The van der Waals surface area contributed by atoms with Crippen LogP contribution in [-0.2, 0) is 12.7 Å². The third-order valence-corrected chi connectivity index (χ3v) is 3.68. The molecule has 0 radical (unpaired) electrons. The smallest absolute Gasteiger partial charge is 0.363 e. The molecule has 0 saturated carbocycles. The van der Waals surface area contributed by atoms with Gasteiger partial charge < -0.3 is 9.80 Å². The lowest BCUT2D eigenvalue weighted by Crippen LogP contribution is -2.23. The molecule has 2 aromatic heterocycles. The summed E-state index contributed by atoms with van der Waals surface area (Å²) in [7, 11) is 4.91. The van der Waals surface area contributed by atoms with E-state index in [0.717, 1.165) is 16.8 Å². The molecule has 9 heteroatoms. The molecule has 0 aromatic carbocycles. The Kier molecular flexibility index (Phi) is 4.55. The van der Waals surface area contributed by atoms with Crippen molar-refractivity contribution in [2.24, 2.45) is 0 Å². The standard InChI is InChI=1S/C13H16F3N5S/c1-8-17-9(7-22-8)6-21(4)12-18-10(13(14,15)16)5-11(19-12)20(2)3/h5,7H,6H2,1-4H3. The van der Waals surface area contributed by atoms with Gasteiger partial charge in [0.05, 0.1) is 17.2 Å². The quantitative estimate of drug-likeness (QED) is 0.862. The number of anilines is 2. The van der Waals surface area contributed by atoms with Gasteiger partial charge in [-0.25, -0.2) is 9.97 Å². The van der Waals surface area contributed by atoms with E-state index >= 15 is 0 Å². The largest absolute Gasteiger partial charge is 0.433 e. The van der Waals surface area contributed by atoms with Crippen molar-refractivity contribution in [3.05, 3.63) is 27.8 Å². The Bertz CT molecular complexity index is 653. The van der Waals surface area contributed by atoms with E-state index in [-0.39, 0.29) is 11.8 Å².